The van der Waals surface area contributed by atoms with E-state index in [1.807, 2.05) is 13.8 Å². The molecule has 0 fully saturated rings. The van der Waals surface area contributed by atoms with Crippen molar-refractivity contribution in [3.05, 3.63) is 0 Å². The molecule has 0 saturated carbocycles. The van der Waals surface area contributed by atoms with Gasteiger partial charge in [-0.1, -0.05) is 0 Å². The van der Waals surface area contributed by atoms with E-state index in [9.17, 15) is 14.4 Å². The molecule has 0 aromatic carbocycles. The van der Waals surface area contributed by atoms with Crippen molar-refractivity contribution in [1.29, 1.82) is 0 Å². The maximum Gasteiger partial charge on any atom is 0.324 e. The minimum absolute atomic E-state index is 0.0321. The van der Waals surface area contributed by atoms with Crippen molar-refractivity contribution in [3.63, 3.8) is 0 Å². The van der Waals surface area contributed by atoms with Crippen LogP contribution in [0, 0.1) is 5.41 Å². The standard InChI is InChI=1S/C11H20N2O4/c1-7(2)13(5)10(17)12-8(14)6-11(3,4)9(15)16/h7H,6H2,1-5H3,(H,15,16)(H,12,14,17). The summed E-state index contributed by atoms with van der Waals surface area (Å²) in [6, 6.07) is -0.554. The number of carboxylic acid groups (broad SMARTS) is 1. The van der Waals surface area contributed by atoms with Crippen molar-refractivity contribution >= 4 is 17.9 Å². The number of rotatable bonds is 4. The molecule has 98 valence electrons. The number of hydrogen-bond donors (Lipinski definition) is 2. The zero-order chi connectivity index (χ0) is 13.8. The van der Waals surface area contributed by atoms with Crippen molar-refractivity contribution in [2.45, 2.75) is 40.2 Å². The molecule has 0 aromatic heterocycles. The van der Waals surface area contributed by atoms with Crippen LogP contribution in [0.25, 0.3) is 0 Å². The van der Waals surface area contributed by atoms with Gasteiger partial charge in [0.15, 0.2) is 0 Å². The normalized spacial score (nSPS) is 11.2. The molecule has 0 rings (SSSR count). The first kappa shape index (κ1) is 15.4. The smallest absolute Gasteiger partial charge is 0.324 e. The largest absolute Gasteiger partial charge is 0.481 e. The molecule has 0 unspecified atom stereocenters. The molecule has 17 heavy (non-hydrogen) atoms. The molecule has 3 amide bonds. The molecular weight excluding hydrogens is 224 g/mol. The molecule has 0 spiro atoms. The van der Waals surface area contributed by atoms with Crippen LogP contribution in [0.5, 0.6) is 0 Å². The fraction of sp³-hybridized carbons (Fsp3) is 0.727. The number of nitrogens with one attached hydrogen (secondary N) is 1. The van der Waals surface area contributed by atoms with Gasteiger partial charge in [0.25, 0.3) is 0 Å². The molecule has 0 saturated heterocycles. The third-order valence-corrected chi connectivity index (χ3v) is 2.52. The number of carbonyl (C=O) groups excluding carboxylic acids is 2. The Kier molecular flexibility index (Phi) is 5.12. The summed E-state index contributed by atoms with van der Waals surface area (Å²) in [7, 11) is 1.57. The Hall–Kier alpha value is -1.59. The topological polar surface area (TPSA) is 86.7 Å². The highest BCUT2D eigenvalue weighted by Gasteiger charge is 2.31. The molecule has 0 aliphatic heterocycles. The SMILES string of the molecule is CC(C)N(C)C(=O)NC(=O)CC(C)(C)C(=O)O. The van der Waals surface area contributed by atoms with E-state index in [1.54, 1.807) is 7.05 Å². The van der Waals surface area contributed by atoms with Crippen LogP contribution in [-0.2, 0) is 9.59 Å². The number of carboxylic acids is 1. The van der Waals surface area contributed by atoms with Crippen LogP contribution in [-0.4, -0.2) is 41.0 Å². The van der Waals surface area contributed by atoms with Crippen molar-refractivity contribution in [2.75, 3.05) is 7.05 Å². The summed E-state index contributed by atoms with van der Waals surface area (Å²) in [5.41, 5.74) is -1.18. The van der Waals surface area contributed by atoms with Gasteiger partial charge in [-0.3, -0.25) is 14.9 Å². The molecular formula is C11H20N2O4. The van der Waals surface area contributed by atoms with Gasteiger partial charge in [0, 0.05) is 19.5 Å². The average Bonchev–Trinajstić information content (AvgIpc) is 2.14. The van der Waals surface area contributed by atoms with E-state index < -0.39 is 23.3 Å². The van der Waals surface area contributed by atoms with Gasteiger partial charge < -0.3 is 10.0 Å². The van der Waals surface area contributed by atoms with Crippen molar-refractivity contribution in [1.82, 2.24) is 10.2 Å². The van der Waals surface area contributed by atoms with E-state index in [4.69, 9.17) is 5.11 Å². The third kappa shape index (κ3) is 4.84. The summed E-state index contributed by atoms with van der Waals surface area (Å²) >= 11 is 0. The molecule has 0 bridgehead atoms. The Labute approximate surface area is 101 Å². The average molecular weight is 244 g/mol. The Morgan fingerprint density at radius 2 is 1.76 bits per heavy atom. The number of aliphatic carboxylic acids is 1. The number of nitrogens with zero attached hydrogens (tertiary/aromatic N) is 1. The highest BCUT2D eigenvalue weighted by atomic mass is 16.4. The van der Waals surface area contributed by atoms with E-state index in [1.165, 1.54) is 18.7 Å². The summed E-state index contributed by atoms with van der Waals surface area (Å²) < 4.78 is 0. The maximum atomic E-state index is 11.5. The predicted octanol–water partition coefficient (Wildman–Crippen LogP) is 1.06. The maximum absolute atomic E-state index is 11.5. The van der Waals surface area contributed by atoms with E-state index in [-0.39, 0.29) is 12.5 Å². The van der Waals surface area contributed by atoms with Crippen LogP contribution in [0.2, 0.25) is 0 Å². The van der Waals surface area contributed by atoms with E-state index in [0.717, 1.165) is 0 Å². The predicted molar refractivity (Wildman–Crippen MR) is 62.5 cm³/mol. The Bertz CT molecular complexity index is 323. The van der Waals surface area contributed by atoms with Gasteiger partial charge in [0.2, 0.25) is 5.91 Å². The van der Waals surface area contributed by atoms with Crippen LogP contribution in [0.1, 0.15) is 34.1 Å². The molecule has 6 nitrogen and oxygen atoms in total. The number of amides is 3. The lowest BCUT2D eigenvalue weighted by atomic mass is 9.89. The lowest BCUT2D eigenvalue weighted by Crippen LogP contribution is -2.45. The first-order valence-electron chi connectivity index (χ1n) is 5.38. The highest BCUT2D eigenvalue weighted by molar-refractivity contribution is 5.96. The number of urea groups is 1. The second-order valence-corrected chi connectivity index (χ2v) is 4.92. The zero-order valence-corrected chi connectivity index (χ0v) is 10.9. The van der Waals surface area contributed by atoms with Crippen LogP contribution >= 0.6 is 0 Å². The van der Waals surface area contributed by atoms with Crippen molar-refractivity contribution in [3.8, 4) is 0 Å². The van der Waals surface area contributed by atoms with Gasteiger partial charge in [-0.05, 0) is 27.7 Å². The minimum Gasteiger partial charge on any atom is -0.481 e. The van der Waals surface area contributed by atoms with Gasteiger partial charge in [0.05, 0.1) is 5.41 Å². The number of carbonyl (C=O) groups is 3. The van der Waals surface area contributed by atoms with Crippen LogP contribution in [0.4, 0.5) is 4.79 Å². The van der Waals surface area contributed by atoms with Gasteiger partial charge in [-0.15, -0.1) is 0 Å². The third-order valence-electron chi connectivity index (χ3n) is 2.52. The monoisotopic (exact) mass is 244 g/mol. The first-order chi connectivity index (χ1) is 7.58. The molecule has 2 N–H and O–H groups in total. The highest BCUT2D eigenvalue weighted by Crippen LogP contribution is 2.19. The lowest BCUT2D eigenvalue weighted by molar-refractivity contribution is -0.149. The summed E-state index contributed by atoms with van der Waals surface area (Å²) in [5, 5.41) is 11.0. The van der Waals surface area contributed by atoms with Crippen molar-refractivity contribution in [2.24, 2.45) is 5.41 Å². The van der Waals surface area contributed by atoms with Crippen molar-refractivity contribution < 1.29 is 19.5 Å². The molecule has 0 heterocycles. The van der Waals surface area contributed by atoms with Crippen LogP contribution in [0.3, 0.4) is 0 Å². The molecule has 0 aromatic rings. The summed E-state index contributed by atoms with van der Waals surface area (Å²) in [5.74, 6) is -1.66. The molecule has 0 radical (unpaired) electrons. The summed E-state index contributed by atoms with van der Waals surface area (Å²) in [6.45, 7) is 6.49. The number of hydrogen-bond acceptors (Lipinski definition) is 3. The summed E-state index contributed by atoms with van der Waals surface area (Å²) in [6.07, 6.45) is -0.236. The van der Waals surface area contributed by atoms with Gasteiger partial charge in [0.1, 0.15) is 0 Å². The Balaban J connectivity index is 4.39. The van der Waals surface area contributed by atoms with E-state index >= 15 is 0 Å². The molecule has 6 heteroatoms. The van der Waals surface area contributed by atoms with Crippen LogP contribution in [0.15, 0.2) is 0 Å². The fourth-order valence-corrected chi connectivity index (χ4v) is 0.963. The van der Waals surface area contributed by atoms with Crippen LogP contribution < -0.4 is 5.32 Å². The van der Waals surface area contributed by atoms with E-state index in [0.29, 0.717) is 0 Å². The Morgan fingerprint density at radius 1 is 1.29 bits per heavy atom. The summed E-state index contributed by atoms with van der Waals surface area (Å²) in [4.78, 5) is 35.2. The minimum atomic E-state index is -1.18. The molecule has 0 atom stereocenters. The molecule has 0 aliphatic carbocycles. The molecule has 0 aliphatic rings. The fourth-order valence-electron chi connectivity index (χ4n) is 0.963. The quantitative estimate of drug-likeness (QED) is 0.774. The Morgan fingerprint density at radius 3 is 2.12 bits per heavy atom. The van der Waals surface area contributed by atoms with Gasteiger partial charge in [-0.25, -0.2) is 4.79 Å². The second kappa shape index (κ2) is 5.65. The number of imide groups is 1. The first-order valence-corrected chi connectivity index (χ1v) is 5.38. The van der Waals surface area contributed by atoms with Gasteiger partial charge >= 0.3 is 12.0 Å². The van der Waals surface area contributed by atoms with E-state index in [2.05, 4.69) is 5.32 Å². The zero-order valence-electron chi connectivity index (χ0n) is 10.9. The lowest BCUT2D eigenvalue weighted by Gasteiger charge is -2.23. The second-order valence-electron chi connectivity index (χ2n) is 4.92. The van der Waals surface area contributed by atoms with Gasteiger partial charge in [-0.2, -0.15) is 0 Å².